The van der Waals surface area contributed by atoms with Gasteiger partial charge in [-0.15, -0.1) is 0 Å². The highest BCUT2D eigenvalue weighted by Crippen LogP contribution is 2.23. The van der Waals surface area contributed by atoms with E-state index in [0.717, 1.165) is 37.3 Å². The average molecular weight is 287 g/mol. The van der Waals surface area contributed by atoms with Crippen molar-refractivity contribution in [3.05, 3.63) is 54.0 Å². The van der Waals surface area contributed by atoms with Gasteiger partial charge >= 0.3 is 0 Å². The van der Waals surface area contributed by atoms with Crippen LogP contribution in [-0.4, -0.2) is 13.2 Å². The van der Waals surface area contributed by atoms with Crippen LogP contribution in [0.1, 0.15) is 44.1 Å². The summed E-state index contributed by atoms with van der Waals surface area (Å²) in [5, 5.41) is 3.62. The van der Waals surface area contributed by atoms with Crippen molar-refractivity contribution in [3.63, 3.8) is 0 Å². The van der Waals surface area contributed by atoms with Gasteiger partial charge in [-0.1, -0.05) is 19.1 Å². The second-order valence-electron chi connectivity index (χ2n) is 5.13. The van der Waals surface area contributed by atoms with Gasteiger partial charge in [-0.2, -0.15) is 0 Å². The summed E-state index contributed by atoms with van der Waals surface area (Å²) in [7, 11) is 0. The third-order valence-corrected chi connectivity index (χ3v) is 3.47. The van der Waals surface area contributed by atoms with Crippen molar-refractivity contribution in [1.29, 1.82) is 0 Å². The largest absolute Gasteiger partial charge is 0.494 e. The minimum Gasteiger partial charge on any atom is -0.494 e. The second-order valence-corrected chi connectivity index (χ2v) is 5.13. The SMILES string of the molecule is CCCNC(CCc1ccco1)c1cccc(OCC)c1. The van der Waals surface area contributed by atoms with Crippen LogP contribution < -0.4 is 10.1 Å². The molecule has 0 amide bonds. The van der Waals surface area contributed by atoms with Crippen molar-refractivity contribution < 1.29 is 9.15 Å². The lowest BCUT2D eigenvalue weighted by Gasteiger charge is -2.19. The quantitative estimate of drug-likeness (QED) is 0.744. The fraction of sp³-hybridized carbons (Fsp3) is 0.444. The second kappa shape index (κ2) is 8.53. The fourth-order valence-electron chi connectivity index (χ4n) is 2.43. The number of rotatable bonds is 9. The predicted molar refractivity (Wildman–Crippen MR) is 85.7 cm³/mol. The number of hydrogen-bond acceptors (Lipinski definition) is 3. The van der Waals surface area contributed by atoms with Gasteiger partial charge in [0.25, 0.3) is 0 Å². The van der Waals surface area contributed by atoms with Gasteiger partial charge in [0, 0.05) is 12.5 Å². The summed E-state index contributed by atoms with van der Waals surface area (Å²) in [5.41, 5.74) is 1.28. The molecule has 0 saturated carbocycles. The lowest BCUT2D eigenvalue weighted by atomic mass is 10.0. The van der Waals surface area contributed by atoms with Crippen LogP contribution in [0.4, 0.5) is 0 Å². The van der Waals surface area contributed by atoms with Crippen molar-refractivity contribution in [1.82, 2.24) is 5.32 Å². The maximum Gasteiger partial charge on any atom is 0.119 e. The number of ether oxygens (including phenoxy) is 1. The van der Waals surface area contributed by atoms with Crippen LogP contribution >= 0.6 is 0 Å². The van der Waals surface area contributed by atoms with Crippen LogP contribution in [-0.2, 0) is 6.42 Å². The topological polar surface area (TPSA) is 34.4 Å². The monoisotopic (exact) mass is 287 g/mol. The standard InChI is InChI=1S/C18H25NO2/c1-3-12-19-18(11-10-16-9-6-13-21-16)15-7-5-8-17(14-15)20-4-2/h5-9,13-14,18-19H,3-4,10-12H2,1-2H3. The van der Waals surface area contributed by atoms with Crippen molar-refractivity contribution in [3.8, 4) is 5.75 Å². The van der Waals surface area contributed by atoms with Crippen molar-refractivity contribution >= 4 is 0 Å². The molecular weight excluding hydrogens is 262 g/mol. The molecule has 1 atom stereocenters. The first-order chi connectivity index (χ1) is 10.3. The third kappa shape index (κ3) is 4.94. The molecule has 0 aliphatic rings. The van der Waals surface area contributed by atoms with E-state index in [1.54, 1.807) is 6.26 Å². The molecule has 114 valence electrons. The zero-order chi connectivity index (χ0) is 14.9. The Hall–Kier alpha value is -1.74. The lowest BCUT2D eigenvalue weighted by Crippen LogP contribution is -2.22. The molecular formula is C18H25NO2. The summed E-state index contributed by atoms with van der Waals surface area (Å²) in [6.07, 6.45) is 4.82. The van der Waals surface area contributed by atoms with Crippen LogP contribution in [0, 0.1) is 0 Å². The molecule has 0 radical (unpaired) electrons. The summed E-state index contributed by atoms with van der Waals surface area (Å²) in [6.45, 7) is 5.91. The number of benzene rings is 1. The maximum atomic E-state index is 5.61. The molecule has 21 heavy (non-hydrogen) atoms. The summed E-state index contributed by atoms with van der Waals surface area (Å²) in [5.74, 6) is 1.98. The number of furan rings is 1. The molecule has 0 spiro atoms. The Balaban J connectivity index is 2.04. The van der Waals surface area contributed by atoms with E-state index in [1.807, 2.05) is 25.1 Å². The van der Waals surface area contributed by atoms with Crippen LogP contribution in [0.25, 0.3) is 0 Å². The van der Waals surface area contributed by atoms with Crippen molar-refractivity contribution in [2.45, 2.75) is 39.2 Å². The molecule has 0 saturated heterocycles. The van der Waals surface area contributed by atoms with Crippen molar-refractivity contribution in [2.75, 3.05) is 13.2 Å². The fourth-order valence-corrected chi connectivity index (χ4v) is 2.43. The lowest BCUT2D eigenvalue weighted by molar-refractivity contribution is 0.339. The van der Waals surface area contributed by atoms with E-state index in [0.29, 0.717) is 12.6 Å². The van der Waals surface area contributed by atoms with E-state index in [-0.39, 0.29) is 0 Å². The highest BCUT2D eigenvalue weighted by atomic mass is 16.5. The molecule has 2 rings (SSSR count). The smallest absolute Gasteiger partial charge is 0.119 e. The molecule has 0 aliphatic heterocycles. The Morgan fingerprint density at radius 2 is 2.10 bits per heavy atom. The van der Waals surface area contributed by atoms with Gasteiger partial charge in [0.2, 0.25) is 0 Å². The van der Waals surface area contributed by atoms with Gasteiger partial charge in [0.15, 0.2) is 0 Å². The summed E-state index contributed by atoms with van der Waals surface area (Å²) in [4.78, 5) is 0. The van der Waals surface area contributed by atoms with E-state index < -0.39 is 0 Å². The number of hydrogen-bond donors (Lipinski definition) is 1. The average Bonchev–Trinajstić information content (AvgIpc) is 3.01. The third-order valence-electron chi connectivity index (χ3n) is 3.47. The molecule has 2 aromatic rings. The van der Waals surface area contributed by atoms with Crippen LogP contribution in [0.2, 0.25) is 0 Å². The predicted octanol–water partition coefficient (Wildman–Crippen LogP) is 4.35. The normalized spacial score (nSPS) is 12.3. The zero-order valence-electron chi connectivity index (χ0n) is 13.0. The molecule has 1 aromatic carbocycles. The highest BCUT2D eigenvalue weighted by molar-refractivity contribution is 5.30. The molecule has 1 heterocycles. The first-order valence-electron chi connectivity index (χ1n) is 7.82. The number of nitrogens with one attached hydrogen (secondary N) is 1. The van der Waals surface area contributed by atoms with Crippen LogP contribution in [0.3, 0.4) is 0 Å². The van der Waals surface area contributed by atoms with E-state index in [2.05, 4.69) is 30.4 Å². The highest BCUT2D eigenvalue weighted by Gasteiger charge is 2.12. The van der Waals surface area contributed by atoms with E-state index in [9.17, 15) is 0 Å². The van der Waals surface area contributed by atoms with Gasteiger partial charge in [0.1, 0.15) is 11.5 Å². The molecule has 1 unspecified atom stereocenters. The minimum atomic E-state index is 0.329. The number of aryl methyl sites for hydroxylation is 1. The van der Waals surface area contributed by atoms with Crippen LogP contribution in [0.15, 0.2) is 47.1 Å². The summed E-state index contributed by atoms with van der Waals surface area (Å²) in [6, 6.07) is 12.7. The Bertz CT molecular complexity index is 508. The molecule has 3 heteroatoms. The Morgan fingerprint density at radius 3 is 2.81 bits per heavy atom. The van der Waals surface area contributed by atoms with Gasteiger partial charge in [-0.3, -0.25) is 0 Å². The summed E-state index contributed by atoms with van der Waals surface area (Å²) < 4.78 is 11.0. The first kappa shape index (κ1) is 15.6. The molecule has 0 aliphatic carbocycles. The molecule has 1 N–H and O–H groups in total. The van der Waals surface area contributed by atoms with Crippen molar-refractivity contribution in [2.24, 2.45) is 0 Å². The maximum absolute atomic E-state index is 5.61. The Labute approximate surface area is 127 Å². The minimum absolute atomic E-state index is 0.329. The molecule has 1 aromatic heterocycles. The Kier molecular flexibility index (Phi) is 6.35. The summed E-state index contributed by atoms with van der Waals surface area (Å²) >= 11 is 0. The van der Waals surface area contributed by atoms with Gasteiger partial charge in [0.05, 0.1) is 12.9 Å². The van der Waals surface area contributed by atoms with E-state index in [1.165, 1.54) is 5.56 Å². The Morgan fingerprint density at radius 1 is 1.19 bits per heavy atom. The van der Waals surface area contributed by atoms with Gasteiger partial charge in [-0.05, 0) is 56.1 Å². The zero-order valence-corrected chi connectivity index (χ0v) is 13.0. The first-order valence-corrected chi connectivity index (χ1v) is 7.82. The molecule has 0 bridgehead atoms. The van der Waals surface area contributed by atoms with Crippen LogP contribution in [0.5, 0.6) is 5.75 Å². The van der Waals surface area contributed by atoms with Gasteiger partial charge < -0.3 is 14.5 Å². The molecule has 0 fully saturated rings. The van der Waals surface area contributed by atoms with Gasteiger partial charge in [-0.25, -0.2) is 0 Å². The molecule has 3 nitrogen and oxygen atoms in total. The van der Waals surface area contributed by atoms with E-state index >= 15 is 0 Å². The van der Waals surface area contributed by atoms with E-state index in [4.69, 9.17) is 9.15 Å².